The highest BCUT2D eigenvalue weighted by atomic mass is 16.5. The van der Waals surface area contributed by atoms with E-state index >= 15 is 0 Å². The van der Waals surface area contributed by atoms with Gasteiger partial charge < -0.3 is 9.64 Å². The van der Waals surface area contributed by atoms with E-state index in [1.165, 1.54) is 0 Å². The smallest absolute Gasteiger partial charge is 0.171 e. The summed E-state index contributed by atoms with van der Waals surface area (Å²) in [6, 6.07) is 6.14. The van der Waals surface area contributed by atoms with Crippen LogP contribution in [0.15, 0.2) is 18.3 Å². The summed E-state index contributed by atoms with van der Waals surface area (Å²) in [6.07, 6.45) is 1.94. The lowest BCUT2D eigenvalue weighted by Gasteiger charge is -2.37. The van der Waals surface area contributed by atoms with Gasteiger partial charge in [0.2, 0.25) is 0 Å². The van der Waals surface area contributed by atoms with Crippen molar-refractivity contribution in [3.63, 3.8) is 0 Å². The molecule has 1 fully saturated rings. The molecule has 0 saturated carbocycles. The first kappa shape index (κ1) is 14.6. The summed E-state index contributed by atoms with van der Waals surface area (Å²) in [5, 5.41) is 8.98. The predicted octanol–water partition coefficient (Wildman–Crippen LogP) is 1.90. The van der Waals surface area contributed by atoms with Crippen LogP contribution >= 0.6 is 0 Å². The normalized spacial score (nSPS) is 17.9. The standard InChI is InChI=1S/C15H22N4O/c1-12(2)20-14-5-4-6-17-15(14)19-9-7-18(8-10-19)13(3)11-16/h4-6,12-13H,7-10H2,1-3H3. The Morgan fingerprint density at radius 1 is 1.25 bits per heavy atom. The topological polar surface area (TPSA) is 52.4 Å². The minimum Gasteiger partial charge on any atom is -0.487 e. The van der Waals surface area contributed by atoms with Crippen LogP contribution in [-0.2, 0) is 0 Å². The van der Waals surface area contributed by atoms with E-state index in [9.17, 15) is 0 Å². The maximum absolute atomic E-state index is 8.98. The second-order valence-electron chi connectivity index (χ2n) is 5.32. The number of hydrogen-bond acceptors (Lipinski definition) is 5. The number of ether oxygens (including phenoxy) is 1. The van der Waals surface area contributed by atoms with Crippen molar-refractivity contribution in [1.82, 2.24) is 9.88 Å². The number of rotatable bonds is 4. The fourth-order valence-corrected chi connectivity index (χ4v) is 2.37. The summed E-state index contributed by atoms with van der Waals surface area (Å²) in [5.74, 6) is 1.75. The van der Waals surface area contributed by atoms with Crippen LogP contribution in [0.1, 0.15) is 20.8 Å². The number of aromatic nitrogens is 1. The molecule has 1 aromatic rings. The van der Waals surface area contributed by atoms with E-state index in [0.29, 0.717) is 0 Å². The summed E-state index contributed by atoms with van der Waals surface area (Å²) in [7, 11) is 0. The maximum Gasteiger partial charge on any atom is 0.171 e. The molecule has 0 radical (unpaired) electrons. The summed E-state index contributed by atoms with van der Waals surface area (Å²) >= 11 is 0. The van der Waals surface area contributed by atoms with E-state index in [0.717, 1.165) is 37.7 Å². The van der Waals surface area contributed by atoms with Gasteiger partial charge in [0.25, 0.3) is 0 Å². The average molecular weight is 274 g/mol. The van der Waals surface area contributed by atoms with Crippen LogP contribution in [0.5, 0.6) is 5.75 Å². The molecule has 5 nitrogen and oxygen atoms in total. The Hall–Kier alpha value is -1.80. The molecule has 20 heavy (non-hydrogen) atoms. The zero-order chi connectivity index (χ0) is 14.5. The molecule has 0 bridgehead atoms. The Morgan fingerprint density at radius 3 is 2.55 bits per heavy atom. The van der Waals surface area contributed by atoms with Crippen molar-refractivity contribution in [2.45, 2.75) is 32.9 Å². The van der Waals surface area contributed by atoms with Crippen LogP contribution in [0.2, 0.25) is 0 Å². The van der Waals surface area contributed by atoms with Crippen molar-refractivity contribution in [3.05, 3.63) is 18.3 Å². The third-order valence-corrected chi connectivity index (χ3v) is 3.46. The van der Waals surface area contributed by atoms with E-state index in [1.807, 2.05) is 32.9 Å². The first-order chi connectivity index (χ1) is 9.61. The monoisotopic (exact) mass is 274 g/mol. The van der Waals surface area contributed by atoms with Crippen molar-refractivity contribution < 1.29 is 4.74 Å². The molecule has 2 rings (SSSR count). The molecule has 108 valence electrons. The first-order valence-electron chi connectivity index (χ1n) is 7.12. The highest BCUT2D eigenvalue weighted by molar-refractivity contribution is 5.52. The van der Waals surface area contributed by atoms with Gasteiger partial charge in [-0.3, -0.25) is 4.90 Å². The predicted molar refractivity (Wildman–Crippen MR) is 78.9 cm³/mol. The Labute approximate surface area is 120 Å². The minimum atomic E-state index is -0.0210. The van der Waals surface area contributed by atoms with Crippen LogP contribution < -0.4 is 9.64 Å². The zero-order valence-corrected chi connectivity index (χ0v) is 12.4. The van der Waals surface area contributed by atoms with E-state index in [2.05, 4.69) is 20.9 Å². The van der Waals surface area contributed by atoms with Gasteiger partial charge in [-0.15, -0.1) is 0 Å². The van der Waals surface area contributed by atoms with E-state index in [-0.39, 0.29) is 12.1 Å². The minimum absolute atomic E-state index is 0.0210. The molecule has 0 amide bonds. The summed E-state index contributed by atoms with van der Waals surface area (Å²) < 4.78 is 5.82. The van der Waals surface area contributed by atoms with E-state index in [4.69, 9.17) is 10.00 Å². The van der Waals surface area contributed by atoms with Crippen LogP contribution in [-0.4, -0.2) is 48.2 Å². The van der Waals surface area contributed by atoms with Gasteiger partial charge in [0, 0.05) is 32.4 Å². The van der Waals surface area contributed by atoms with Gasteiger partial charge in [-0.1, -0.05) is 0 Å². The Balaban J connectivity index is 2.05. The molecule has 0 N–H and O–H groups in total. The van der Waals surface area contributed by atoms with Gasteiger partial charge in [0.15, 0.2) is 11.6 Å². The maximum atomic E-state index is 8.98. The molecular formula is C15H22N4O. The second kappa shape index (κ2) is 6.58. The van der Waals surface area contributed by atoms with Crippen molar-refractivity contribution in [3.8, 4) is 11.8 Å². The number of hydrogen-bond donors (Lipinski definition) is 0. The lowest BCUT2D eigenvalue weighted by atomic mass is 10.2. The fraction of sp³-hybridized carbons (Fsp3) is 0.600. The molecular weight excluding hydrogens is 252 g/mol. The van der Waals surface area contributed by atoms with Crippen LogP contribution in [0.25, 0.3) is 0 Å². The number of anilines is 1. The summed E-state index contributed by atoms with van der Waals surface area (Å²) in [4.78, 5) is 8.89. The number of nitrogens with zero attached hydrogens (tertiary/aromatic N) is 4. The SMILES string of the molecule is CC(C)Oc1cccnc1N1CCN(C(C)C#N)CC1. The number of piperazine rings is 1. The molecule has 1 aromatic heterocycles. The van der Waals surface area contributed by atoms with Gasteiger partial charge in [0.1, 0.15) is 0 Å². The van der Waals surface area contributed by atoms with Crippen molar-refractivity contribution in [2.75, 3.05) is 31.1 Å². The van der Waals surface area contributed by atoms with Gasteiger partial charge in [-0.25, -0.2) is 4.98 Å². The quantitative estimate of drug-likeness (QED) is 0.839. The molecule has 0 aromatic carbocycles. The van der Waals surface area contributed by atoms with Crippen LogP contribution in [0.4, 0.5) is 5.82 Å². The summed E-state index contributed by atoms with van der Waals surface area (Å²) in [6.45, 7) is 9.49. The molecule has 1 atom stereocenters. The largest absolute Gasteiger partial charge is 0.487 e. The highest BCUT2D eigenvalue weighted by Gasteiger charge is 2.23. The lowest BCUT2D eigenvalue weighted by molar-refractivity contribution is 0.225. The van der Waals surface area contributed by atoms with Crippen molar-refractivity contribution in [2.24, 2.45) is 0 Å². The third-order valence-electron chi connectivity index (χ3n) is 3.46. The fourth-order valence-electron chi connectivity index (χ4n) is 2.37. The van der Waals surface area contributed by atoms with Gasteiger partial charge in [-0.2, -0.15) is 5.26 Å². The van der Waals surface area contributed by atoms with Crippen molar-refractivity contribution >= 4 is 5.82 Å². The second-order valence-corrected chi connectivity index (χ2v) is 5.32. The van der Waals surface area contributed by atoms with E-state index < -0.39 is 0 Å². The molecule has 1 unspecified atom stereocenters. The number of pyridine rings is 1. The Bertz CT molecular complexity index is 475. The molecule has 1 aliphatic heterocycles. The molecule has 5 heteroatoms. The number of nitriles is 1. The average Bonchev–Trinajstić information content (AvgIpc) is 2.46. The summed E-state index contributed by atoms with van der Waals surface area (Å²) in [5.41, 5.74) is 0. The molecule has 0 aliphatic carbocycles. The highest BCUT2D eigenvalue weighted by Crippen LogP contribution is 2.27. The molecule has 0 spiro atoms. The van der Waals surface area contributed by atoms with E-state index in [1.54, 1.807) is 6.20 Å². The third kappa shape index (κ3) is 3.40. The van der Waals surface area contributed by atoms with Gasteiger partial charge in [-0.05, 0) is 32.9 Å². The zero-order valence-electron chi connectivity index (χ0n) is 12.4. The first-order valence-corrected chi connectivity index (χ1v) is 7.12. The lowest BCUT2D eigenvalue weighted by Crippen LogP contribution is -2.49. The van der Waals surface area contributed by atoms with Crippen LogP contribution in [0, 0.1) is 11.3 Å². The van der Waals surface area contributed by atoms with Gasteiger partial charge in [0.05, 0.1) is 18.2 Å². The molecule has 1 aliphatic rings. The Kier molecular flexibility index (Phi) is 4.80. The van der Waals surface area contributed by atoms with Gasteiger partial charge >= 0.3 is 0 Å². The Morgan fingerprint density at radius 2 is 1.95 bits per heavy atom. The van der Waals surface area contributed by atoms with Crippen LogP contribution in [0.3, 0.4) is 0 Å². The molecule has 1 saturated heterocycles. The molecule has 2 heterocycles. The van der Waals surface area contributed by atoms with Crippen molar-refractivity contribution in [1.29, 1.82) is 5.26 Å².